The lowest BCUT2D eigenvalue weighted by Crippen LogP contribution is -2.49. The van der Waals surface area contributed by atoms with Crippen LogP contribution in [0, 0.1) is 18.7 Å². The number of halogens is 1. The van der Waals surface area contributed by atoms with Crippen molar-refractivity contribution in [2.45, 2.75) is 32.7 Å². The van der Waals surface area contributed by atoms with Crippen molar-refractivity contribution in [3.05, 3.63) is 35.1 Å². The lowest BCUT2D eigenvalue weighted by Gasteiger charge is -2.37. The Balaban J connectivity index is 2.05. The number of carbonyl (C=O) groups is 2. The average molecular weight is 336 g/mol. The fourth-order valence-corrected chi connectivity index (χ4v) is 2.92. The number of nitrogens with one attached hydrogen (secondary N) is 1. The summed E-state index contributed by atoms with van der Waals surface area (Å²) in [6.45, 7) is 4.89. The monoisotopic (exact) mass is 336 g/mol. The van der Waals surface area contributed by atoms with Gasteiger partial charge in [0.2, 0.25) is 5.91 Å². The lowest BCUT2D eigenvalue weighted by molar-refractivity contribution is -0.126. The highest BCUT2D eigenvalue weighted by molar-refractivity contribution is 5.95. The van der Waals surface area contributed by atoms with E-state index in [4.69, 9.17) is 4.74 Å². The molecule has 0 radical (unpaired) electrons. The maximum atomic E-state index is 13.7. The minimum absolute atomic E-state index is 0.0323. The third-order valence-electron chi connectivity index (χ3n) is 4.54. The van der Waals surface area contributed by atoms with Gasteiger partial charge < -0.3 is 15.0 Å². The van der Waals surface area contributed by atoms with Crippen LogP contribution >= 0.6 is 0 Å². The van der Waals surface area contributed by atoms with Gasteiger partial charge >= 0.3 is 0 Å². The molecular weight excluding hydrogens is 311 g/mol. The number of aryl methyl sites for hydroxylation is 1. The van der Waals surface area contributed by atoms with E-state index in [2.05, 4.69) is 5.32 Å². The molecule has 1 N–H and O–H groups in total. The van der Waals surface area contributed by atoms with Crippen LogP contribution in [0.4, 0.5) is 4.39 Å². The molecule has 2 atom stereocenters. The van der Waals surface area contributed by atoms with Crippen molar-refractivity contribution >= 4 is 11.8 Å². The highest BCUT2D eigenvalue weighted by Crippen LogP contribution is 2.24. The molecule has 24 heavy (non-hydrogen) atoms. The number of nitrogens with zero attached hydrogens (tertiary/aromatic N) is 1. The molecule has 2 amide bonds. The Labute approximate surface area is 142 Å². The Morgan fingerprint density at radius 2 is 2.12 bits per heavy atom. The molecule has 1 aromatic rings. The van der Waals surface area contributed by atoms with Crippen molar-refractivity contribution in [3.8, 4) is 0 Å². The van der Waals surface area contributed by atoms with Crippen molar-refractivity contribution in [1.82, 2.24) is 10.2 Å². The predicted octanol–water partition coefficient (Wildman–Crippen LogP) is 2.14. The number of benzene rings is 1. The number of likely N-dealkylation sites (tertiary alicyclic amines) is 1. The zero-order valence-corrected chi connectivity index (χ0v) is 14.5. The van der Waals surface area contributed by atoms with Crippen molar-refractivity contribution in [2.24, 2.45) is 5.92 Å². The number of piperidine rings is 1. The molecule has 2 rings (SSSR count). The first-order chi connectivity index (χ1) is 11.4. The molecule has 0 saturated carbocycles. The molecule has 0 aliphatic carbocycles. The van der Waals surface area contributed by atoms with Gasteiger partial charge in [0.1, 0.15) is 5.82 Å². The number of ether oxygens (including phenoxy) is 1. The van der Waals surface area contributed by atoms with Crippen LogP contribution in [-0.2, 0) is 9.53 Å². The van der Waals surface area contributed by atoms with E-state index < -0.39 is 0 Å². The zero-order valence-electron chi connectivity index (χ0n) is 14.5. The van der Waals surface area contributed by atoms with Crippen LogP contribution in [0.15, 0.2) is 18.2 Å². The van der Waals surface area contributed by atoms with Gasteiger partial charge in [-0.05, 0) is 44.4 Å². The van der Waals surface area contributed by atoms with Gasteiger partial charge in [-0.15, -0.1) is 0 Å². The predicted molar refractivity (Wildman–Crippen MR) is 89.2 cm³/mol. The van der Waals surface area contributed by atoms with Crippen LogP contribution in [0.1, 0.15) is 35.7 Å². The van der Waals surface area contributed by atoms with Crippen LogP contribution in [0.2, 0.25) is 0 Å². The van der Waals surface area contributed by atoms with Gasteiger partial charge in [0.05, 0.1) is 12.5 Å². The van der Waals surface area contributed by atoms with E-state index in [-0.39, 0.29) is 29.6 Å². The second-order valence-electron chi connectivity index (χ2n) is 6.33. The molecule has 1 heterocycles. The highest BCUT2D eigenvalue weighted by atomic mass is 19.1. The zero-order chi connectivity index (χ0) is 17.7. The molecule has 6 heteroatoms. The first kappa shape index (κ1) is 18.4. The van der Waals surface area contributed by atoms with Crippen LogP contribution in [0.25, 0.3) is 0 Å². The van der Waals surface area contributed by atoms with Crippen LogP contribution < -0.4 is 5.32 Å². The van der Waals surface area contributed by atoms with Crippen LogP contribution in [-0.4, -0.2) is 49.6 Å². The number of rotatable bonds is 5. The molecule has 1 fully saturated rings. The molecule has 2 unspecified atom stereocenters. The van der Waals surface area contributed by atoms with Gasteiger partial charge in [0, 0.05) is 31.8 Å². The van der Waals surface area contributed by atoms with E-state index in [1.807, 2.05) is 6.92 Å². The number of carbonyl (C=O) groups excluding carboxylic acids is 2. The van der Waals surface area contributed by atoms with Gasteiger partial charge in [-0.1, -0.05) is 6.07 Å². The number of amides is 2. The summed E-state index contributed by atoms with van der Waals surface area (Å²) in [4.78, 5) is 26.6. The largest absolute Gasteiger partial charge is 0.383 e. The van der Waals surface area contributed by atoms with Gasteiger partial charge in [-0.3, -0.25) is 9.59 Å². The molecule has 132 valence electrons. The molecule has 5 nitrogen and oxygen atoms in total. The minimum Gasteiger partial charge on any atom is -0.383 e. The van der Waals surface area contributed by atoms with E-state index in [0.717, 1.165) is 12.8 Å². The van der Waals surface area contributed by atoms with E-state index in [9.17, 15) is 14.0 Å². The minimum atomic E-state index is -0.389. The highest BCUT2D eigenvalue weighted by Gasteiger charge is 2.33. The molecule has 0 bridgehead atoms. The first-order valence-electron chi connectivity index (χ1n) is 8.27. The average Bonchev–Trinajstić information content (AvgIpc) is 2.57. The first-order valence-corrected chi connectivity index (χ1v) is 8.27. The van der Waals surface area contributed by atoms with E-state index >= 15 is 0 Å². The Kier molecular flexibility index (Phi) is 6.31. The second kappa shape index (κ2) is 8.24. The molecule has 1 aliphatic heterocycles. The second-order valence-corrected chi connectivity index (χ2v) is 6.33. The summed E-state index contributed by atoms with van der Waals surface area (Å²) in [5.74, 6) is -0.917. The summed E-state index contributed by atoms with van der Waals surface area (Å²) in [6.07, 6.45) is 1.49. The van der Waals surface area contributed by atoms with Gasteiger partial charge in [0.25, 0.3) is 5.91 Å². The molecule has 1 aliphatic rings. The lowest BCUT2D eigenvalue weighted by atomic mass is 9.92. The Morgan fingerprint density at radius 3 is 2.79 bits per heavy atom. The molecule has 0 aromatic heterocycles. The standard InChI is InChI=1S/C18H25FN2O3/c1-12-4-6-14(10-16(12)19)18(23)21-11-15(7-5-13(21)2)17(22)20-8-9-24-3/h4,6,10,13,15H,5,7-9,11H2,1-3H3,(H,20,22). The number of hydrogen-bond donors (Lipinski definition) is 1. The molecule has 0 spiro atoms. The third-order valence-corrected chi connectivity index (χ3v) is 4.54. The SMILES string of the molecule is COCCNC(=O)C1CCC(C)N(C(=O)c2ccc(C)c(F)c2)C1. The normalized spacial score (nSPS) is 20.8. The van der Waals surface area contributed by atoms with E-state index in [1.165, 1.54) is 6.07 Å². The summed E-state index contributed by atoms with van der Waals surface area (Å²) in [5.41, 5.74) is 0.832. The topological polar surface area (TPSA) is 58.6 Å². The number of hydrogen-bond acceptors (Lipinski definition) is 3. The Bertz CT molecular complexity index is 606. The van der Waals surface area contributed by atoms with Crippen molar-refractivity contribution in [2.75, 3.05) is 26.8 Å². The maximum Gasteiger partial charge on any atom is 0.254 e. The third kappa shape index (κ3) is 4.32. The smallest absolute Gasteiger partial charge is 0.254 e. The number of methoxy groups -OCH3 is 1. The van der Waals surface area contributed by atoms with E-state index in [0.29, 0.717) is 30.8 Å². The Hall–Kier alpha value is -1.95. The summed E-state index contributed by atoms with van der Waals surface area (Å²) in [6, 6.07) is 4.54. The van der Waals surface area contributed by atoms with E-state index in [1.54, 1.807) is 31.1 Å². The summed E-state index contributed by atoms with van der Waals surface area (Å²) in [5, 5.41) is 2.82. The fraction of sp³-hybridized carbons (Fsp3) is 0.556. The fourth-order valence-electron chi connectivity index (χ4n) is 2.92. The maximum absolute atomic E-state index is 13.7. The summed E-state index contributed by atoms with van der Waals surface area (Å²) < 4.78 is 18.7. The van der Waals surface area contributed by atoms with Crippen LogP contribution in [0.3, 0.4) is 0 Å². The molecular formula is C18H25FN2O3. The van der Waals surface area contributed by atoms with Crippen molar-refractivity contribution in [3.63, 3.8) is 0 Å². The van der Waals surface area contributed by atoms with Crippen molar-refractivity contribution < 1.29 is 18.7 Å². The van der Waals surface area contributed by atoms with Gasteiger partial charge in [-0.25, -0.2) is 4.39 Å². The summed E-state index contributed by atoms with van der Waals surface area (Å²) >= 11 is 0. The van der Waals surface area contributed by atoms with Crippen LogP contribution in [0.5, 0.6) is 0 Å². The summed E-state index contributed by atoms with van der Waals surface area (Å²) in [7, 11) is 1.58. The van der Waals surface area contributed by atoms with Crippen molar-refractivity contribution in [1.29, 1.82) is 0 Å². The molecule has 1 aromatic carbocycles. The van der Waals surface area contributed by atoms with Gasteiger partial charge in [0.15, 0.2) is 0 Å². The Morgan fingerprint density at radius 1 is 1.38 bits per heavy atom. The van der Waals surface area contributed by atoms with Gasteiger partial charge in [-0.2, -0.15) is 0 Å². The molecule has 1 saturated heterocycles. The quantitative estimate of drug-likeness (QED) is 0.838.